The summed E-state index contributed by atoms with van der Waals surface area (Å²) in [5.41, 5.74) is 8.53. The molecule has 0 radical (unpaired) electrons. The SMILES string of the molecule is Cc1cccc(C)c1NN=C(N=Cc1ccc(-c2ncn(-c3ccc(OC(F)(F)F)cc3)n2)cc1)SCCCCCl. The molecule has 12 heteroatoms. The van der Waals surface area contributed by atoms with Crippen LogP contribution in [0.2, 0.25) is 0 Å². The van der Waals surface area contributed by atoms with Crippen molar-refractivity contribution in [1.82, 2.24) is 14.8 Å². The van der Waals surface area contributed by atoms with Gasteiger partial charge in [-0.15, -0.1) is 35.0 Å². The summed E-state index contributed by atoms with van der Waals surface area (Å²) >= 11 is 7.38. The second kappa shape index (κ2) is 14.2. The highest BCUT2D eigenvalue weighted by atomic mass is 35.5. The third kappa shape index (κ3) is 9.09. The number of amidine groups is 1. The first-order chi connectivity index (χ1) is 19.7. The van der Waals surface area contributed by atoms with Gasteiger partial charge in [0.2, 0.25) is 5.17 Å². The summed E-state index contributed by atoms with van der Waals surface area (Å²) in [6.07, 6.45) is 0.399. The van der Waals surface area contributed by atoms with Crippen molar-refractivity contribution in [2.75, 3.05) is 17.1 Å². The van der Waals surface area contributed by atoms with Gasteiger partial charge < -0.3 is 4.74 Å². The summed E-state index contributed by atoms with van der Waals surface area (Å²) in [7, 11) is 0. The molecule has 1 heterocycles. The van der Waals surface area contributed by atoms with E-state index in [1.807, 2.05) is 56.3 Å². The maximum atomic E-state index is 12.4. The van der Waals surface area contributed by atoms with E-state index in [1.165, 1.54) is 35.3 Å². The van der Waals surface area contributed by atoms with Crippen molar-refractivity contribution in [1.29, 1.82) is 0 Å². The lowest BCUT2D eigenvalue weighted by atomic mass is 10.1. The van der Waals surface area contributed by atoms with Crippen LogP contribution in [0.15, 0.2) is 83.2 Å². The van der Waals surface area contributed by atoms with Crippen LogP contribution in [0, 0.1) is 13.8 Å². The van der Waals surface area contributed by atoms with Gasteiger partial charge in [-0.1, -0.05) is 54.2 Å². The number of hydrogen-bond acceptors (Lipinski definition) is 6. The third-order valence-corrected chi connectivity index (χ3v) is 7.04. The molecule has 7 nitrogen and oxygen atoms in total. The third-order valence-electron chi connectivity index (χ3n) is 5.82. The summed E-state index contributed by atoms with van der Waals surface area (Å²) in [5.74, 6) is 1.64. The van der Waals surface area contributed by atoms with Gasteiger partial charge in [0.25, 0.3) is 0 Å². The zero-order valence-corrected chi connectivity index (χ0v) is 24.0. The number of unbranched alkanes of at least 4 members (excludes halogenated alkanes) is 1. The minimum atomic E-state index is -4.74. The number of benzene rings is 3. The fourth-order valence-corrected chi connectivity index (χ4v) is 4.68. The molecule has 0 saturated carbocycles. The monoisotopic (exact) mass is 600 g/mol. The van der Waals surface area contributed by atoms with Crippen molar-refractivity contribution in [3.8, 4) is 22.8 Å². The second-order valence-electron chi connectivity index (χ2n) is 8.95. The molecule has 41 heavy (non-hydrogen) atoms. The minimum Gasteiger partial charge on any atom is -0.406 e. The van der Waals surface area contributed by atoms with Gasteiger partial charge in [-0.05, 0) is 67.6 Å². The Balaban J connectivity index is 1.44. The van der Waals surface area contributed by atoms with Gasteiger partial charge in [0, 0.05) is 23.4 Å². The standard InChI is InChI=1S/C29H28ClF3N6OS/c1-20-6-5-7-21(2)26(20)36-37-28(41-17-4-3-16-30)34-18-22-8-10-23(11-9-22)27-35-19-39(38-27)24-12-14-25(15-13-24)40-29(31,32)33/h5-15,18-19,36H,3-4,16-17H2,1-2H3. The molecule has 1 aromatic heterocycles. The Morgan fingerprint density at radius 1 is 1.02 bits per heavy atom. The largest absolute Gasteiger partial charge is 0.573 e. The molecule has 4 rings (SSSR count). The maximum Gasteiger partial charge on any atom is 0.573 e. The number of para-hydroxylation sites is 1. The lowest BCUT2D eigenvalue weighted by molar-refractivity contribution is -0.274. The lowest BCUT2D eigenvalue weighted by Gasteiger charge is -2.09. The van der Waals surface area contributed by atoms with E-state index >= 15 is 0 Å². The number of nitrogens with zero attached hydrogens (tertiary/aromatic N) is 5. The van der Waals surface area contributed by atoms with Crippen molar-refractivity contribution in [3.05, 3.63) is 89.7 Å². The van der Waals surface area contributed by atoms with Gasteiger partial charge in [-0.25, -0.2) is 14.7 Å². The van der Waals surface area contributed by atoms with Crippen LogP contribution in [0.4, 0.5) is 18.9 Å². The van der Waals surface area contributed by atoms with Crippen LogP contribution in [0.1, 0.15) is 29.5 Å². The van der Waals surface area contributed by atoms with Gasteiger partial charge in [0.05, 0.1) is 11.4 Å². The summed E-state index contributed by atoms with van der Waals surface area (Å²) in [6, 6.07) is 19.0. The van der Waals surface area contributed by atoms with E-state index in [0.717, 1.165) is 46.5 Å². The highest BCUT2D eigenvalue weighted by molar-refractivity contribution is 8.13. The van der Waals surface area contributed by atoms with Crippen LogP contribution < -0.4 is 10.2 Å². The van der Waals surface area contributed by atoms with Gasteiger partial charge >= 0.3 is 6.36 Å². The van der Waals surface area contributed by atoms with Crippen molar-refractivity contribution in [2.24, 2.45) is 10.1 Å². The van der Waals surface area contributed by atoms with E-state index < -0.39 is 6.36 Å². The molecule has 0 aliphatic rings. The number of nitrogens with one attached hydrogen (secondary N) is 1. The molecule has 4 aromatic rings. The van der Waals surface area contributed by atoms with Crippen LogP contribution in [0.3, 0.4) is 0 Å². The first-order valence-corrected chi connectivity index (χ1v) is 14.2. The molecule has 3 aromatic carbocycles. The Kier molecular flexibility index (Phi) is 10.4. The van der Waals surface area contributed by atoms with Crippen LogP contribution >= 0.6 is 23.4 Å². The summed E-state index contributed by atoms with van der Waals surface area (Å²) in [6.45, 7) is 4.06. The van der Waals surface area contributed by atoms with E-state index in [4.69, 9.17) is 11.6 Å². The molecular weight excluding hydrogens is 573 g/mol. The predicted molar refractivity (Wildman–Crippen MR) is 160 cm³/mol. The number of ether oxygens (including phenoxy) is 1. The quantitative estimate of drug-likeness (QED) is 0.0656. The summed E-state index contributed by atoms with van der Waals surface area (Å²) in [4.78, 5) is 8.95. The van der Waals surface area contributed by atoms with Gasteiger partial charge in [-0.2, -0.15) is 0 Å². The molecule has 0 bridgehead atoms. The highest BCUT2D eigenvalue weighted by Crippen LogP contribution is 2.24. The topological polar surface area (TPSA) is 76.7 Å². The van der Waals surface area contributed by atoms with Crippen molar-refractivity contribution < 1.29 is 17.9 Å². The Morgan fingerprint density at radius 2 is 1.73 bits per heavy atom. The van der Waals surface area contributed by atoms with Crippen LogP contribution in [0.5, 0.6) is 5.75 Å². The Labute approximate surface area is 245 Å². The Bertz CT molecular complexity index is 1470. The predicted octanol–water partition coefficient (Wildman–Crippen LogP) is 8.00. The fourth-order valence-electron chi connectivity index (χ4n) is 3.72. The Hall–Kier alpha value is -3.83. The number of aliphatic imine (C=N–C) groups is 1. The van der Waals surface area contributed by atoms with E-state index in [9.17, 15) is 13.2 Å². The first kappa shape index (κ1) is 30.1. The number of aromatic nitrogens is 3. The highest BCUT2D eigenvalue weighted by Gasteiger charge is 2.31. The Morgan fingerprint density at radius 3 is 2.39 bits per heavy atom. The number of halogens is 4. The van der Waals surface area contributed by atoms with E-state index in [1.54, 1.807) is 18.0 Å². The zero-order chi connectivity index (χ0) is 29.2. The molecule has 0 fully saturated rings. The molecule has 0 spiro atoms. The number of anilines is 1. The summed E-state index contributed by atoms with van der Waals surface area (Å²) < 4.78 is 42.6. The molecule has 0 amide bonds. The van der Waals surface area contributed by atoms with Crippen molar-refractivity contribution in [3.63, 3.8) is 0 Å². The second-order valence-corrected chi connectivity index (χ2v) is 10.4. The van der Waals surface area contributed by atoms with E-state index in [-0.39, 0.29) is 5.75 Å². The molecule has 0 aliphatic heterocycles. The average Bonchev–Trinajstić information content (AvgIpc) is 3.43. The maximum absolute atomic E-state index is 12.4. The van der Waals surface area contributed by atoms with Crippen molar-refractivity contribution in [2.45, 2.75) is 33.1 Å². The minimum absolute atomic E-state index is 0.304. The number of rotatable bonds is 10. The van der Waals surface area contributed by atoms with Crippen LogP contribution in [-0.4, -0.2) is 44.1 Å². The van der Waals surface area contributed by atoms with Crippen LogP contribution in [0.25, 0.3) is 17.1 Å². The molecule has 0 atom stereocenters. The average molecular weight is 601 g/mol. The zero-order valence-electron chi connectivity index (χ0n) is 22.4. The smallest absolute Gasteiger partial charge is 0.406 e. The van der Waals surface area contributed by atoms with E-state index in [2.05, 4.69) is 30.3 Å². The van der Waals surface area contributed by atoms with Gasteiger partial charge in [0.1, 0.15) is 12.1 Å². The lowest BCUT2D eigenvalue weighted by Crippen LogP contribution is -2.17. The fraction of sp³-hybridized carbons (Fsp3) is 0.241. The normalized spacial score (nSPS) is 12.2. The van der Waals surface area contributed by atoms with Gasteiger partial charge in [-0.3, -0.25) is 5.43 Å². The molecule has 214 valence electrons. The molecule has 0 unspecified atom stereocenters. The molecule has 0 saturated heterocycles. The van der Waals surface area contributed by atoms with Crippen LogP contribution in [-0.2, 0) is 0 Å². The number of alkyl halides is 4. The molecule has 0 aliphatic carbocycles. The van der Waals surface area contributed by atoms with Crippen molar-refractivity contribution >= 4 is 40.4 Å². The molecule has 1 N–H and O–H groups in total. The van der Waals surface area contributed by atoms with Gasteiger partial charge in [0.15, 0.2) is 5.82 Å². The summed E-state index contributed by atoms with van der Waals surface area (Å²) in [5, 5.41) is 9.61. The number of hydrazone groups is 1. The number of aryl methyl sites for hydroxylation is 2. The first-order valence-electron chi connectivity index (χ1n) is 12.7. The molecular formula is C29H28ClF3N6OS. The van der Waals surface area contributed by atoms with E-state index in [0.29, 0.717) is 22.6 Å². The number of thioether (sulfide) groups is 1. The number of hydrogen-bond donors (Lipinski definition) is 1.